The Kier molecular flexibility index (Phi) is 2.53. The van der Waals surface area contributed by atoms with Crippen molar-refractivity contribution < 1.29 is 0 Å². The van der Waals surface area contributed by atoms with Crippen LogP contribution in [0.5, 0.6) is 0 Å². The number of para-hydroxylation sites is 1. The van der Waals surface area contributed by atoms with E-state index in [1.807, 2.05) is 30.3 Å². The van der Waals surface area contributed by atoms with Crippen molar-refractivity contribution in [2.24, 2.45) is 0 Å². The molecule has 1 N–H and O–H groups in total. The van der Waals surface area contributed by atoms with Gasteiger partial charge in [0.05, 0.1) is 10.2 Å². The first-order valence-corrected chi connectivity index (χ1v) is 6.32. The number of hydrogen-bond donors (Lipinski definition) is 1. The Balaban J connectivity index is 1.96. The molecule has 0 bridgehead atoms. The minimum absolute atomic E-state index is 0.941. The van der Waals surface area contributed by atoms with Crippen LogP contribution in [0, 0.1) is 6.92 Å². The molecule has 0 aliphatic carbocycles. The molecule has 3 aromatic rings. The lowest BCUT2D eigenvalue weighted by Crippen LogP contribution is -1.87. The first kappa shape index (κ1) is 10.3. The number of nitrogens with zero attached hydrogens (tertiary/aromatic N) is 1. The summed E-state index contributed by atoms with van der Waals surface area (Å²) in [6.07, 6.45) is 0. The van der Waals surface area contributed by atoms with Crippen LogP contribution in [0.3, 0.4) is 0 Å². The maximum Gasteiger partial charge on any atom is 0.188 e. The van der Waals surface area contributed by atoms with Crippen LogP contribution in [0.4, 0.5) is 10.8 Å². The van der Waals surface area contributed by atoms with E-state index in [1.54, 1.807) is 11.3 Å². The van der Waals surface area contributed by atoms with E-state index in [0.29, 0.717) is 0 Å². The van der Waals surface area contributed by atoms with Gasteiger partial charge in [-0.25, -0.2) is 4.98 Å². The van der Waals surface area contributed by atoms with E-state index < -0.39 is 0 Å². The quantitative estimate of drug-likeness (QED) is 0.720. The first-order valence-electron chi connectivity index (χ1n) is 5.50. The highest BCUT2D eigenvalue weighted by Gasteiger charge is 2.03. The van der Waals surface area contributed by atoms with Crippen molar-refractivity contribution in [2.45, 2.75) is 6.92 Å². The lowest BCUT2D eigenvalue weighted by Gasteiger charge is -1.99. The lowest BCUT2D eigenvalue weighted by atomic mass is 10.2. The van der Waals surface area contributed by atoms with Crippen LogP contribution in [0.15, 0.2) is 48.5 Å². The molecule has 0 saturated heterocycles. The van der Waals surface area contributed by atoms with Crippen LogP contribution < -0.4 is 5.32 Å². The third-order valence-corrected chi connectivity index (χ3v) is 3.52. The van der Waals surface area contributed by atoms with E-state index in [1.165, 1.54) is 10.3 Å². The monoisotopic (exact) mass is 240 g/mol. The number of rotatable bonds is 2. The van der Waals surface area contributed by atoms with E-state index in [-0.39, 0.29) is 0 Å². The molecule has 17 heavy (non-hydrogen) atoms. The van der Waals surface area contributed by atoms with Crippen molar-refractivity contribution in [1.82, 2.24) is 4.98 Å². The van der Waals surface area contributed by atoms with Crippen molar-refractivity contribution in [3.05, 3.63) is 54.1 Å². The third-order valence-electron chi connectivity index (χ3n) is 2.57. The Morgan fingerprint density at radius 2 is 1.88 bits per heavy atom. The fraction of sp³-hybridized carbons (Fsp3) is 0.0714. The Labute approximate surface area is 104 Å². The van der Waals surface area contributed by atoms with E-state index in [9.17, 15) is 0 Å². The molecule has 1 heterocycles. The minimum Gasteiger partial charge on any atom is -0.332 e. The highest BCUT2D eigenvalue weighted by Crippen LogP contribution is 2.28. The fourth-order valence-electron chi connectivity index (χ4n) is 1.74. The van der Waals surface area contributed by atoms with Gasteiger partial charge in [-0.2, -0.15) is 0 Å². The van der Waals surface area contributed by atoms with Crippen LogP contribution >= 0.6 is 11.3 Å². The largest absolute Gasteiger partial charge is 0.332 e. The van der Waals surface area contributed by atoms with E-state index in [4.69, 9.17) is 0 Å². The second-order valence-electron chi connectivity index (χ2n) is 3.98. The number of nitrogens with one attached hydrogen (secondary N) is 1. The summed E-state index contributed by atoms with van der Waals surface area (Å²) < 4.78 is 1.22. The Morgan fingerprint density at radius 3 is 2.71 bits per heavy atom. The van der Waals surface area contributed by atoms with Gasteiger partial charge in [0, 0.05) is 5.69 Å². The lowest BCUT2D eigenvalue weighted by molar-refractivity contribution is 1.42. The second-order valence-corrected chi connectivity index (χ2v) is 5.01. The number of aryl methyl sites for hydroxylation is 1. The van der Waals surface area contributed by atoms with Gasteiger partial charge in [0.2, 0.25) is 0 Å². The number of hydrogen-bond acceptors (Lipinski definition) is 3. The van der Waals surface area contributed by atoms with E-state index in [0.717, 1.165) is 16.3 Å². The van der Waals surface area contributed by atoms with Gasteiger partial charge in [0.1, 0.15) is 0 Å². The Hall–Kier alpha value is -1.87. The van der Waals surface area contributed by atoms with Crippen LogP contribution in [-0.4, -0.2) is 4.98 Å². The zero-order valence-electron chi connectivity index (χ0n) is 9.47. The summed E-state index contributed by atoms with van der Waals surface area (Å²) >= 11 is 1.68. The molecule has 0 aliphatic heterocycles. The van der Waals surface area contributed by atoms with Gasteiger partial charge >= 0.3 is 0 Å². The molecule has 0 saturated carbocycles. The maximum absolute atomic E-state index is 4.58. The molecular weight excluding hydrogens is 228 g/mol. The molecule has 1 aromatic heterocycles. The van der Waals surface area contributed by atoms with Gasteiger partial charge in [0.25, 0.3) is 0 Å². The summed E-state index contributed by atoms with van der Waals surface area (Å²) in [5.41, 5.74) is 3.38. The molecule has 0 amide bonds. The SMILES string of the molecule is Cc1ccc2sc(Nc3ccccc3)nc2c1. The molecule has 3 rings (SSSR count). The fourth-order valence-corrected chi connectivity index (χ4v) is 2.60. The number of aromatic nitrogens is 1. The average molecular weight is 240 g/mol. The molecule has 3 heteroatoms. The zero-order valence-corrected chi connectivity index (χ0v) is 10.3. The van der Waals surface area contributed by atoms with Crippen LogP contribution in [0.2, 0.25) is 0 Å². The van der Waals surface area contributed by atoms with Gasteiger partial charge in [0.15, 0.2) is 5.13 Å². The normalized spacial score (nSPS) is 10.6. The van der Waals surface area contributed by atoms with Gasteiger partial charge in [-0.1, -0.05) is 35.6 Å². The zero-order chi connectivity index (χ0) is 11.7. The van der Waals surface area contributed by atoms with Gasteiger partial charge in [-0.3, -0.25) is 0 Å². The summed E-state index contributed by atoms with van der Waals surface area (Å²) in [7, 11) is 0. The summed E-state index contributed by atoms with van der Waals surface area (Å²) in [4.78, 5) is 4.58. The summed E-state index contributed by atoms with van der Waals surface area (Å²) in [6.45, 7) is 2.09. The van der Waals surface area contributed by atoms with Crippen LogP contribution in [-0.2, 0) is 0 Å². The number of anilines is 2. The van der Waals surface area contributed by atoms with Gasteiger partial charge in [-0.05, 0) is 36.8 Å². The summed E-state index contributed by atoms with van der Waals surface area (Å²) in [5.74, 6) is 0. The number of benzene rings is 2. The Bertz CT molecular complexity index is 644. The smallest absolute Gasteiger partial charge is 0.188 e. The van der Waals surface area contributed by atoms with Crippen LogP contribution in [0.25, 0.3) is 10.2 Å². The molecule has 84 valence electrons. The van der Waals surface area contributed by atoms with Gasteiger partial charge < -0.3 is 5.32 Å². The third kappa shape index (κ3) is 2.15. The molecule has 0 atom stereocenters. The molecule has 2 nitrogen and oxygen atoms in total. The molecule has 0 aliphatic rings. The minimum atomic E-state index is 0.941. The van der Waals surface area contributed by atoms with Crippen molar-refractivity contribution >= 4 is 32.4 Å². The topological polar surface area (TPSA) is 24.9 Å². The first-order chi connectivity index (χ1) is 8.31. The highest BCUT2D eigenvalue weighted by atomic mass is 32.1. The molecule has 0 fully saturated rings. The second kappa shape index (κ2) is 4.18. The average Bonchev–Trinajstić information content (AvgIpc) is 2.71. The summed E-state index contributed by atoms with van der Waals surface area (Å²) in [5, 5.41) is 4.26. The van der Waals surface area contributed by atoms with E-state index >= 15 is 0 Å². The maximum atomic E-state index is 4.58. The summed E-state index contributed by atoms with van der Waals surface area (Å²) in [6, 6.07) is 16.5. The van der Waals surface area contributed by atoms with Gasteiger partial charge in [-0.15, -0.1) is 0 Å². The molecule has 0 unspecified atom stereocenters. The van der Waals surface area contributed by atoms with Crippen molar-refractivity contribution in [3.63, 3.8) is 0 Å². The standard InChI is InChI=1S/C14H12N2S/c1-10-7-8-13-12(9-10)16-14(17-13)15-11-5-3-2-4-6-11/h2-9H,1H3,(H,15,16). The number of thiazole rings is 1. The van der Waals surface area contributed by atoms with Crippen molar-refractivity contribution in [3.8, 4) is 0 Å². The molecular formula is C14H12N2S. The van der Waals surface area contributed by atoms with Crippen LogP contribution in [0.1, 0.15) is 5.56 Å². The predicted octanol–water partition coefficient (Wildman–Crippen LogP) is 4.35. The number of fused-ring (bicyclic) bond motifs is 1. The molecule has 2 aromatic carbocycles. The van der Waals surface area contributed by atoms with E-state index in [2.05, 4.69) is 35.4 Å². The van der Waals surface area contributed by atoms with Crippen molar-refractivity contribution in [2.75, 3.05) is 5.32 Å². The van der Waals surface area contributed by atoms with Crippen molar-refractivity contribution in [1.29, 1.82) is 0 Å². The highest BCUT2D eigenvalue weighted by molar-refractivity contribution is 7.22. The predicted molar refractivity (Wildman–Crippen MR) is 74.1 cm³/mol. The molecule has 0 radical (unpaired) electrons. The molecule has 0 spiro atoms. The Morgan fingerprint density at radius 1 is 1.06 bits per heavy atom.